The van der Waals surface area contributed by atoms with Gasteiger partial charge in [-0.15, -0.1) is 0 Å². The van der Waals surface area contributed by atoms with Crippen LogP contribution in [0.3, 0.4) is 0 Å². The third-order valence-electron chi connectivity index (χ3n) is 1.75. The Bertz CT molecular complexity index is 322. The Labute approximate surface area is 84.1 Å². The number of hydrogen-bond donors (Lipinski definition) is 1. The normalized spacial score (nSPS) is 14.6. The van der Waals surface area contributed by atoms with Gasteiger partial charge in [0.2, 0.25) is 5.89 Å². The molecule has 0 bridgehead atoms. The summed E-state index contributed by atoms with van der Waals surface area (Å²) >= 11 is 0. The highest BCUT2D eigenvalue weighted by Gasteiger charge is 2.39. The molecule has 7 heteroatoms. The Hall–Kier alpha value is -1.11. The lowest BCUT2D eigenvalue weighted by Crippen LogP contribution is -2.30. The van der Waals surface area contributed by atoms with E-state index < -0.39 is 18.7 Å². The van der Waals surface area contributed by atoms with Gasteiger partial charge in [-0.25, -0.2) is 0 Å². The summed E-state index contributed by atoms with van der Waals surface area (Å²) in [5.41, 5.74) is 0. The van der Waals surface area contributed by atoms with Crippen LogP contribution in [0.2, 0.25) is 0 Å². The molecule has 0 aromatic carbocycles. The van der Waals surface area contributed by atoms with Crippen molar-refractivity contribution in [2.75, 3.05) is 0 Å². The summed E-state index contributed by atoms with van der Waals surface area (Å²) in [5, 5.41) is 12.2. The Kier molecular flexibility index (Phi) is 3.33. The molecule has 0 aliphatic carbocycles. The van der Waals surface area contributed by atoms with Crippen LogP contribution in [0.25, 0.3) is 0 Å². The van der Waals surface area contributed by atoms with Crippen LogP contribution in [0, 0.1) is 0 Å². The second kappa shape index (κ2) is 4.18. The topological polar surface area (TPSA) is 59.2 Å². The van der Waals surface area contributed by atoms with Crippen LogP contribution in [-0.4, -0.2) is 27.5 Å². The van der Waals surface area contributed by atoms with Gasteiger partial charge in [0.15, 0.2) is 11.9 Å². The van der Waals surface area contributed by atoms with Crippen molar-refractivity contribution >= 4 is 0 Å². The highest BCUT2D eigenvalue weighted by atomic mass is 19.4. The number of aliphatic hydroxyl groups is 1. The smallest absolute Gasteiger partial charge is 0.383 e. The van der Waals surface area contributed by atoms with Gasteiger partial charge in [-0.2, -0.15) is 18.2 Å². The van der Waals surface area contributed by atoms with E-state index in [4.69, 9.17) is 5.11 Å². The molecule has 0 aliphatic rings. The molecule has 0 saturated heterocycles. The summed E-state index contributed by atoms with van der Waals surface area (Å²) < 4.78 is 40.5. The predicted octanol–water partition coefficient (Wildman–Crippen LogP) is 1.66. The first kappa shape index (κ1) is 12.0. The van der Waals surface area contributed by atoms with Crippen LogP contribution in [-0.2, 0) is 6.42 Å². The van der Waals surface area contributed by atoms with Gasteiger partial charge in [0.1, 0.15) is 0 Å². The maximum absolute atomic E-state index is 12.0. The molecule has 0 saturated carbocycles. The van der Waals surface area contributed by atoms with Crippen LogP contribution in [0.5, 0.6) is 0 Å². The molecule has 1 aromatic rings. The average molecular weight is 224 g/mol. The van der Waals surface area contributed by atoms with E-state index in [0.29, 0.717) is 5.82 Å². The van der Waals surface area contributed by atoms with Gasteiger partial charge >= 0.3 is 6.18 Å². The lowest BCUT2D eigenvalue weighted by Gasteiger charge is -2.11. The van der Waals surface area contributed by atoms with Gasteiger partial charge in [0, 0.05) is 5.92 Å². The number of aromatic nitrogens is 2. The van der Waals surface area contributed by atoms with E-state index in [-0.39, 0.29) is 11.8 Å². The van der Waals surface area contributed by atoms with Crippen molar-refractivity contribution in [3.05, 3.63) is 11.7 Å². The van der Waals surface area contributed by atoms with Crippen molar-refractivity contribution in [3.63, 3.8) is 0 Å². The zero-order valence-corrected chi connectivity index (χ0v) is 8.25. The van der Waals surface area contributed by atoms with E-state index in [1.54, 1.807) is 13.8 Å². The van der Waals surface area contributed by atoms with Gasteiger partial charge in [0.05, 0.1) is 6.42 Å². The lowest BCUT2D eigenvalue weighted by molar-refractivity contribution is -0.204. The van der Waals surface area contributed by atoms with Crippen molar-refractivity contribution < 1.29 is 22.8 Å². The molecule has 86 valence electrons. The molecular formula is C8H11F3N2O2. The van der Waals surface area contributed by atoms with E-state index in [2.05, 4.69) is 14.7 Å². The zero-order valence-electron chi connectivity index (χ0n) is 8.25. The fourth-order valence-electron chi connectivity index (χ4n) is 0.867. The van der Waals surface area contributed by atoms with Crippen LogP contribution in [0.1, 0.15) is 31.5 Å². The molecular weight excluding hydrogens is 213 g/mol. The molecule has 0 spiro atoms. The standard InChI is InChI=1S/C8H11F3N2O2/c1-4(2)7-12-6(15-13-7)3-5(14)8(9,10)11/h4-5,14H,3H2,1-2H3. The molecule has 0 fully saturated rings. The first-order valence-electron chi connectivity index (χ1n) is 4.38. The summed E-state index contributed by atoms with van der Waals surface area (Å²) in [7, 11) is 0. The van der Waals surface area contributed by atoms with Crippen molar-refractivity contribution in [2.45, 2.75) is 38.5 Å². The van der Waals surface area contributed by atoms with Crippen LogP contribution >= 0.6 is 0 Å². The molecule has 0 amide bonds. The van der Waals surface area contributed by atoms with Crippen LogP contribution < -0.4 is 0 Å². The minimum Gasteiger partial charge on any atom is -0.383 e. The minimum absolute atomic E-state index is 0.0227. The van der Waals surface area contributed by atoms with Crippen LogP contribution in [0.4, 0.5) is 13.2 Å². The van der Waals surface area contributed by atoms with E-state index >= 15 is 0 Å². The van der Waals surface area contributed by atoms with Crippen molar-refractivity contribution in [2.24, 2.45) is 0 Å². The third-order valence-corrected chi connectivity index (χ3v) is 1.75. The Morgan fingerprint density at radius 2 is 2.00 bits per heavy atom. The van der Waals surface area contributed by atoms with E-state index in [1.165, 1.54) is 0 Å². The molecule has 4 nitrogen and oxygen atoms in total. The summed E-state index contributed by atoms with van der Waals surface area (Å²) in [5.74, 6) is 0.105. The summed E-state index contributed by atoms with van der Waals surface area (Å²) in [6.45, 7) is 3.57. The van der Waals surface area contributed by atoms with E-state index in [9.17, 15) is 13.2 Å². The maximum Gasteiger partial charge on any atom is 0.414 e. The highest BCUT2D eigenvalue weighted by Crippen LogP contribution is 2.22. The summed E-state index contributed by atoms with van der Waals surface area (Å²) in [6.07, 6.45) is -7.83. The largest absolute Gasteiger partial charge is 0.414 e. The first-order valence-corrected chi connectivity index (χ1v) is 4.38. The van der Waals surface area contributed by atoms with Gasteiger partial charge < -0.3 is 9.63 Å². The summed E-state index contributed by atoms with van der Waals surface area (Å²) in [4.78, 5) is 3.73. The van der Waals surface area contributed by atoms with E-state index in [0.717, 1.165) is 0 Å². The van der Waals surface area contributed by atoms with Crippen molar-refractivity contribution in [1.29, 1.82) is 0 Å². The van der Waals surface area contributed by atoms with Crippen molar-refractivity contribution in [1.82, 2.24) is 10.1 Å². The second-order valence-electron chi connectivity index (χ2n) is 3.46. The number of nitrogens with zero attached hydrogens (tertiary/aromatic N) is 2. The SMILES string of the molecule is CC(C)c1noc(CC(O)C(F)(F)F)n1. The van der Waals surface area contributed by atoms with Gasteiger partial charge in [-0.1, -0.05) is 19.0 Å². The van der Waals surface area contributed by atoms with Gasteiger partial charge in [-0.05, 0) is 0 Å². The molecule has 0 aliphatic heterocycles. The molecule has 1 rings (SSSR count). The lowest BCUT2D eigenvalue weighted by atomic mass is 10.2. The minimum atomic E-state index is -4.66. The molecule has 1 aromatic heterocycles. The first-order chi connectivity index (χ1) is 6.80. The molecule has 1 heterocycles. The highest BCUT2D eigenvalue weighted by molar-refractivity contribution is 4.93. The Morgan fingerprint density at radius 1 is 1.40 bits per heavy atom. The van der Waals surface area contributed by atoms with Crippen LogP contribution in [0.15, 0.2) is 4.52 Å². The Balaban J connectivity index is 2.65. The molecule has 1 N–H and O–H groups in total. The second-order valence-corrected chi connectivity index (χ2v) is 3.46. The Morgan fingerprint density at radius 3 is 2.40 bits per heavy atom. The quantitative estimate of drug-likeness (QED) is 0.848. The average Bonchev–Trinajstić information content (AvgIpc) is 2.50. The number of alkyl halides is 3. The number of aliphatic hydroxyl groups excluding tert-OH is 1. The predicted molar refractivity (Wildman–Crippen MR) is 44.2 cm³/mol. The monoisotopic (exact) mass is 224 g/mol. The third kappa shape index (κ3) is 3.19. The molecule has 15 heavy (non-hydrogen) atoms. The number of halogens is 3. The van der Waals surface area contributed by atoms with Crippen molar-refractivity contribution in [3.8, 4) is 0 Å². The van der Waals surface area contributed by atoms with Gasteiger partial charge in [-0.3, -0.25) is 0 Å². The fourth-order valence-corrected chi connectivity index (χ4v) is 0.867. The molecule has 1 atom stereocenters. The van der Waals surface area contributed by atoms with Gasteiger partial charge in [0.25, 0.3) is 0 Å². The van der Waals surface area contributed by atoms with E-state index in [1.807, 2.05) is 0 Å². The number of rotatable bonds is 3. The fraction of sp³-hybridized carbons (Fsp3) is 0.750. The molecule has 0 radical (unpaired) electrons. The molecule has 1 unspecified atom stereocenters. The zero-order chi connectivity index (χ0) is 11.6. The number of hydrogen-bond acceptors (Lipinski definition) is 4. The summed E-state index contributed by atoms with van der Waals surface area (Å²) in [6, 6.07) is 0. The maximum atomic E-state index is 12.0.